The van der Waals surface area contributed by atoms with Gasteiger partial charge in [-0.3, -0.25) is 9.59 Å². The Labute approximate surface area is 158 Å². The lowest BCUT2D eigenvalue weighted by molar-refractivity contribution is -0.117. The van der Waals surface area contributed by atoms with Crippen LogP contribution in [-0.2, 0) is 16.1 Å². The van der Waals surface area contributed by atoms with Gasteiger partial charge in [0.05, 0.1) is 12.5 Å². The van der Waals surface area contributed by atoms with Crippen LogP contribution in [0.25, 0.3) is 10.9 Å². The molecule has 0 atom stereocenters. The van der Waals surface area contributed by atoms with E-state index in [1.165, 1.54) is 18.4 Å². The predicted octanol–water partition coefficient (Wildman–Crippen LogP) is 1.80. The molecule has 0 radical (unpaired) electrons. The Kier molecular flexibility index (Phi) is 5.26. The number of fused-ring (bicyclic) bond motifs is 1. The van der Waals surface area contributed by atoms with Crippen molar-refractivity contribution in [1.29, 1.82) is 0 Å². The summed E-state index contributed by atoms with van der Waals surface area (Å²) in [5, 5.41) is 10.9. The van der Waals surface area contributed by atoms with Crippen LogP contribution in [0.2, 0.25) is 0 Å². The average molecular weight is 387 g/mol. The van der Waals surface area contributed by atoms with Crippen molar-refractivity contribution in [3.8, 4) is 0 Å². The second-order valence-electron chi connectivity index (χ2n) is 6.00. The van der Waals surface area contributed by atoms with Crippen LogP contribution in [0.5, 0.6) is 0 Å². The third-order valence-corrected chi connectivity index (χ3v) is 5.00. The molecule has 0 aliphatic heterocycles. The quantitative estimate of drug-likeness (QED) is 0.664. The minimum atomic E-state index is -0.563. The fourth-order valence-electron chi connectivity index (χ4n) is 2.44. The number of thiazole rings is 1. The molecular formula is C17H17N5O4S. The third-order valence-electron chi connectivity index (χ3n) is 3.73. The van der Waals surface area contributed by atoms with Gasteiger partial charge in [0, 0.05) is 4.88 Å². The highest BCUT2D eigenvalue weighted by molar-refractivity contribution is 7.16. The number of nitrogens with one attached hydrogen (secondary N) is 1. The number of methoxy groups -OCH3 is 1. The van der Waals surface area contributed by atoms with Crippen LogP contribution in [0, 0.1) is 0 Å². The van der Waals surface area contributed by atoms with E-state index in [-0.39, 0.29) is 23.3 Å². The van der Waals surface area contributed by atoms with Crippen molar-refractivity contribution >= 4 is 39.2 Å². The number of carbonyl (C=O) groups is 2. The number of hydrogen-bond acceptors (Lipinski definition) is 8. The van der Waals surface area contributed by atoms with Gasteiger partial charge in [-0.2, -0.15) is 0 Å². The van der Waals surface area contributed by atoms with Gasteiger partial charge in [0.2, 0.25) is 5.91 Å². The molecule has 3 rings (SSSR count). The summed E-state index contributed by atoms with van der Waals surface area (Å²) in [6.45, 7) is 3.51. The second kappa shape index (κ2) is 7.62. The van der Waals surface area contributed by atoms with Gasteiger partial charge >= 0.3 is 5.97 Å². The molecule has 2 aromatic heterocycles. The first-order chi connectivity index (χ1) is 12.9. The van der Waals surface area contributed by atoms with Gasteiger partial charge in [-0.25, -0.2) is 14.5 Å². The van der Waals surface area contributed by atoms with E-state index in [0.717, 1.165) is 4.68 Å². The van der Waals surface area contributed by atoms with Gasteiger partial charge < -0.3 is 10.1 Å². The molecule has 3 aromatic rings. The zero-order valence-electron chi connectivity index (χ0n) is 14.9. The monoisotopic (exact) mass is 387 g/mol. The third kappa shape index (κ3) is 3.85. The lowest BCUT2D eigenvalue weighted by Gasteiger charge is -2.04. The normalized spacial score (nSPS) is 11.0. The van der Waals surface area contributed by atoms with Crippen molar-refractivity contribution in [2.75, 3.05) is 12.4 Å². The van der Waals surface area contributed by atoms with Crippen LogP contribution in [-0.4, -0.2) is 39.0 Å². The Morgan fingerprint density at radius 3 is 2.74 bits per heavy atom. The number of esters is 1. The molecule has 1 aromatic carbocycles. The fraction of sp³-hybridized carbons (Fsp3) is 0.294. The minimum Gasteiger partial charge on any atom is -0.464 e. The minimum absolute atomic E-state index is 0.0382. The van der Waals surface area contributed by atoms with E-state index < -0.39 is 17.4 Å². The number of aromatic nitrogens is 4. The summed E-state index contributed by atoms with van der Waals surface area (Å²) in [6, 6.07) is 6.76. The molecule has 2 heterocycles. The fourth-order valence-corrected chi connectivity index (χ4v) is 3.41. The first kappa shape index (κ1) is 18.6. The number of ether oxygens (including phenoxy) is 1. The van der Waals surface area contributed by atoms with E-state index in [1.807, 2.05) is 13.8 Å². The number of amides is 1. The van der Waals surface area contributed by atoms with E-state index in [0.29, 0.717) is 15.8 Å². The molecule has 0 spiro atoms. The van der Waals surface area contributed by atoms with Gasteiger partial charge in [-0.05, 0) is 18.1 Å². The van der Waals surface area contributed by atoms with Gasteiger partial charge in [-0.15, -0.1) is 16.4 Å². The number of nitrogens with zero attached hydrogens (tertiary/aromatic N) is 4. The molecule has 0 saturated heterocycles. The van der Waals surface area contributed by atoms with Crippen LogP contribution in [0.3, 0.4) is 0 Å². The molecule has 140 valence electrons. The molecule has 0 saturated carbocycles. The molecule has 0 fully saturated rings. The lowest BCUT2D eigenvalue weighted by atomic mass is 10.1. The molecule has 0 aliphatic carbocycles. The molecular weight excluding hydrogens is 370 g/mol. The maximum atomic E-state index is 12.4. The molecule has 0 unspecified atom stereocenters. The van der Waals surface area contributed by atoms with Crippen LogP contribution in [0.4, 0.5) is 5.13 Å². The van der Waals surface area contributed by atoms with Crippen molar-refractivity contribution in [2.45, 2.75) is 26.3 Å². The summed E-state index contributed by atoms with van der Waals surface area (Å²) in [7, 11) is 1.27. The van der Waals surface area contributed by atoms with Gasteiger partial charge in [0.15, 0.2) is 10.8 Å². The predicted molar refractivity (Wildman–Crippen MR) is 100.0 cm³/mol. The summed E-state index contributed by atoms with van der Waals surface area (Å²) in [4.78, 5) is 41.4. The molecule has 9 nitrogen and oxygen atoms in total. The molecule has 1 N–H and O–H groups in total. The first-order valence-corrected chi connectivity index (χ1v) is 8.93. The van der Waals surface area contributed by atoms with Crippen LogP contribution in [0.1, 0.15) is 35.1 Å². The zero-order chi connectivity index (χ0) is 19.6. The Bertz CT molecular complexity index is 1070. The van der Waals surface area contributed by atoms with Crippen molar-refractivity contribution < 1.29 is 14.3 Å². The Morgan fingerprint density at radius 2 is 2.04 bits per heavy atom. The molecule has 1 amide bonds. The number of benzene rings is 1. The summed E-state index contributed by atoms with van der Waals surface area (Å²) in [6.07, 6.45) is 0. The summed E-state index contributed by atoms with van der Waals surface area (Å²) < 4.78 is 5.71. The topological polar surface area (TPSA) is 116 Å². The van der Waals surface area contributed by atoms with Crippen molar-refractivity contribution in [3.63, 3.8) is 0 Å². The number of carbonyl (C=O) groups excluding carboxylic acids is 2. The molecule has 27 heavy (non-hydrogen) atoms. The number of hydrogen-bond donors (Lipinski definition) is 1. The van der Waals surface area contributed by atoms with E-state index in [9.17, 15) is 14.4 Å². The van der Waals surface area contributed by atoms with E-state index >= 15 is 0 Å². The lowest BCUT2D eigenvalue weighted by Crippen LogP contribution is -2.30. The van der Waals surface area contributed by atoms with E-state index in [4.69, 9.17) is 4.74 Å². The molecule has 10 heteroatoms. The average Bonchev–Trinajstić information content (AvgIpc) is 3.07. The standard InChI is InChI=1S/C17H17N5O4S/c1-9(2)14-13(16(25)26-3)19-17(27-14)18-12(23)8-22-15(24)10-6-4-5-7-11(10)20-21-22/h4-7,9H,8H2,1-3H3,(H,18,19,23). The smallest absolute Gasteiger partial charge is 0.357 e. The Hall–Kier alpha value is -3.14. The van der Waals surface area contributed by atoms with Gasteiger partial charge in [0.1, 0.15) is 12.1 Å². The van der Waals surface area contributed by atoms with Gasteiger partial charge in [-0.1, -0.05) is 31.2 Å². The van der Waals surface area contributed by atoms with Crippen molar-refractivity contribution in [1.82, 2.24) is 20.0 Å². The highest BCUT2D eigenvalue weighted by atomic mass is 32.1. The summed E-state index contributed by atoms with van der Waals surface area (Å²) >= 11 is 1.19. The largest absolute Gasteiger partial charge is 0.464 e. The summed E-state index contributed by atoms with van der Waals surface area (Å²) in [5.74, 6) is -1.02. The van der Waals surface area contributed by atoms with Crippen LogP contribution >= 0.6 is 11.3 Å². The number of rotatable bonds is 5. The number of anilines is 1. The van der Waals surface area contributed by atoms with Crippen LogP contribution < -0.4 is 10.9 Å². The molecule has 0 bridgehead atoms. The highest BCUT2D eigenvalue weighted by Gasteiger charge is 2.22. The maximum absolute atomic E-state index is 12.4. The Balaban J connectivity index is 1.81. The SMILES string of the molecule is COC(=O)c1nc(NC(=O)Cn2nnc3ccccc3c2=O)sc1C(C)C. The van der Waals surface area contributed by atoms with Crippen molar-refractivity contribution in [3.05, 3.63) is 45.2 Å². The van der Waals surface area contributed by atoms with Crippen LogP contribution in [0.15, 0.2) is 29.1 Å². The second-order valence-corrected chi connectivity index (χ2v) is 7.03. The maximum Gasteiger partial charge on any atom is 0.357 e. The van der Waals surface area contributed by atoms with E-state index in [1.54, 1.807) is 24.3 Å². The van der Waals surface area contributed by atoms with Crippen molar-refractivity contribution in [2.24, 2.45) is 0 Å². The molecule has 0 aliphatic rings. The zero-order valence-corrected chi connectivity index (χ0v) is 15.7. The Morgan fingerprint density at radius 1 is 1.30 bits per heavy atom. The first-order valence-electron chi connectivity index (χ1n) is 8.12. The van der Waals surface area contributed by atoms with Gasteiger partial charge in [0.25, 0.3) is 5.56 Å². The van der Waals surface area contributed by atoms with E-state index in [2.05, 4.69) is 20.6 Å². The summed E-state index contributed by atoms with van der Waals surface area (Å²) in [5.41, 5.74) is 0.229. The highest BCUT2D eigenvalue weighted by Crippen LogP contribution is 2.30.